The Hall–Kier alpha value is -0.570. The molecule has 3 heteroatoms. The maximum absolute atomic E-state index is 12.4. The normalized spacial score (nSPS) is 22.3. The summed E-state index contributed by atoms with van der Waals surface area (Å²) in [5.41, 5.74) is -0.379. The number of hydrogen-bond donors (Lipinski definition) is 2. The summed E-state index contributed by atoms with van der Waals surface area (Å²) in [6.07, 6.45) is 3.29. The van der Waals surface area contributed by atoms with Gasteiger partial charge in [0, 0.05) is 11.0 Å². The molecule has 0 saturated carbocycles. The second-order valence-electron chi connectivity index (χ2n) is 6.46. The topological polar surface area (TPSA) is 41.1 Å². The van der Waals surface area contributed by atoms with Crippen molar-refractivity contribution in [2.24, 2.45) is 11.3 Å². The molecule has 1 aliphatic heterocycles. The minimum Gasteiger partial charge on any atom is -0.351 e. The number of rotatable bonds is 4. The fraction of sp³-hybridized carbons (Fsp3) is 0.929. The zero-order chi connectivity index (χ0) is 13.1. The van der Waals surface area contributed by atoms with Crippen LogP contribution in [-0.4, -0.2) is 24.5 Å². The van der Waals surface area contributed by atoms with Crippen molar-refractivity contribution in [1.82, 2.24) is 10.6 Å². The van der Waals surface area contributed by atoms with Crippen LogP contribution >= 0.6 is 0 Å². The Balaban J connectivity index is 2.65. The molecule has 2 N–H and O–H groups in total. The summed E-state index contributed by atoms with van der Waals surface area (Å²) in [5, 5.41) is 6.57. The van der Waals surface area contributed by atoms with Crippen molar-refractivity contribution in [3.05, 3.63) is 0 Å². The number of nitrogens with one attached hydrogen (secondary N) is 2. The van der Waals surface area contributed by atoms with Gasteiger partial charge >= 0.3 is 0 Å². The molecule has 17 heavy (non-hydrogen) atoms. The molecule has 1 fully saturated rings. The average molecular weight is 240 g/mol. The first kappa shape index (κ1) is 14.5. The molecular formula is C14H28N2O. The zero-order valence-corrected chi connectivity index (χ0v) is 12.0. The summed E-state index contributed by atoms with van der Waals surface area (Å²) in [6.45, 7) is 12.5. The minimum absolute atomic E-state index is 0.101. The molecule has 0 aliphatic carbocycles. The molecule has 1 unspecified atom stereocenters. The summed E-state index contributed by atoms with van der Waals surface area (Å²) in [5.74, 6) is 0.641. The van der Waals surface area contributed by atoms with Crippen LogP contribution in [-0.2, 0) is 4.79 Å². The lowest BCUT2D eigenvalue weighted by molar-refractivity contribution is -0.134. The molecule has 0 bridgehead atoms. The Labute approximate surface area is 106 Å². The SMILES string of the molecule is CCC(C)(C)NC(=O)C(C)(C)C1CCCNC1. The molecule has 0 aromatic rings. The van der Waals surface area contributed by atoms with E-state index in [2.05, 4.69) is 45.3 Å². The molecule has 1 amide bonds. The lowest BCUT2D eigenvalue weighted by atomic mass is 9.74. The lowest BCUT2D eigenvalue weighted by Gasteiger charge is -2.38. The predicted octanol–water partition coefficient (Wildman–Crippen LogP) is 2.32. The highest BCUT2D eigenvalue weighted by Crippen LogP contribution is 2.32. The highest BCUT2D eigenvalue weighted by atomic mass is 16.2. The number of carbonyl (C=O) groups excluding carboxylic acids is 1. The van der Waals surface area contributed by atoms with Crippen molar-refractivity contribution >= 4 is 5.91 Å². The molecule has 1 heterocycles. The largest absolute Gasteiger partial charge is 0.351 e. The van der Waals surface area contributed by atoms with Crippen molar-refractivity contribution in [2.45, 2.75) is 59.4 Å². The third kappa shape index (κ3) is 3.70. The van der Waals surface area contributed by atoms with Gasteiger partial charge in [-0.3, -0.25) is 4.79 Å². The van der Waals surface area contributed by atoms with Crippen LogP contribution in [0.15, 0.2) is 0 Å². The first-order valence-electron chi connectivity index (χ1n) is 6.83. The Morgan fingerprint density at radius 3 is 2.47 bits per heavy atom. The van der Waals surface area contributed by atoms with E-state index in [1.54, 1.807) is 0 Å². The molecule has 0 aromatic heterocycles. The number of hydrogen-bond acceptors (Lipinski definition) is 2. The van der Waals surface area contributed by atoms with Gasteiger partial charge in [-0.1, -0.05) is 20.8 Å². The van der Waals surface area contributed by atoms with Crippen molar-refractivity contribution in [2.75, 3.05) is 13.1 Å². The molecule has 0 aromatic carbocycles. The Bertz CT molecular complexity index is 265. The molecular weight excluding hydrogens is 212 g/mol. The predicted molar refractivity (Wildman–Crippen MR) is 71.9 cm³/mol. The monoisotopic (exact) mass is 240 g/mol. The van der Waals surface area contributed by atoms with Crippen molar-refractivity contribution in [3.8, 4) is 0 Å². The van der Waals surface area contributed by atoms with Crippen LogP contribution in [0.5, 0.6) is 0 Å². The van der Waals surface area contributed by atoms with E-state index < -0.39 is 0 Å². The van der Waals surface area contributed by atoms with Gasteiger partial charge in [-0.25, -0.2) is 0 Å². The Morgan fingerprint density at radius 2 is 2.00 bits per heavy atom. The minimum atomic E-state index is -0.278. The molecule has 1 rings (SSSR count). The first-order valence-corrected chi connectivity index (χ1v) is 6.83. The first-order chi connectivity index (χ1) is 7.79. The van der Waals surface area contributed by atoms with Crippen molar-refractivity contribution < 1.29 is 4.79 Å². The molecule has 1 atom stereocenters. The third-order valence-corrected chi connectivity index (χ3v) is 4.24. The summed E-state index contributed by atoms with van der Waals surface area (Å²) >= 11 is 0. The van der Waals surface area contributed by atoms with E-state index in [4.69, 9.17) is 0 Å². The van der Waals surface area contributed by atoms with Gasteiger partial charge in [-0.2, -0.15) is 0 Å². The van der Waals surface area contributed by atoms with Gasteiger partial charge in [0.1, 0.15) is 0 Å². The molecule has 100 valence electrons. The third-order valence-electron chi connectivity index (χ3n) is 4.24. The van der Waals surface area contributed by atoms with E-state index in [-0.39, 0.29) is 16.9 Å². The van der Waals surface area contributed by atoms with E-state index in [1.807, 2.05) is 0 Å². The summed E-state index contributed by atoms with van der Waals surface area (Å²) in [7, 11) is 0. The van der Waals surface area contributed by atoms with Gasteiger partial charge in [-0.15, -0.1) is 0 Å². The average Bonchev–Trinajstić information content (AvgIpc) is 2.29. The van der Waals surface area contributed by atoms with Gasteiger partial charge in [0.2, 0.25) is 5.91 Å². The standard InChI is InChI=1S/C14H28N2O/c1-6-13(2,3)16-12(17)14(4,5)11-8-7-9-15-10-11/h11,15H,6-10H2,1-5H3,(H,16,17). The summed E-state index contributed by atoms with van der Waals surface area (Å²) in [4.78, 5) is 12.4. The Morgan fingerprint density at radius 1 is 1.35 bits per heavy atom. The van der Waals surface area contributed by atoms with Crippen molar-refractivity contribution in [1.29, 1.82) is 0 Å². The summed E-state index contributed by atoms with van der Waals surface area (Å²) < 4.78 is 0. The van der Waals surface area contributed by atoms with E-state index >= 15 is 0 Å². The second-order valence-corrected chi connectivity index (χ2v) is 6.46. The van der Waals surface area contributed by atoms with Crippen LogP contribution in [0.1, 0.15) is 53.9 Å². The van der Waals surface area contributed by atoms with E-state index in [1.165, 1.54) is 6.42 Å². The quantitative estimate of drug-likeness (QED) is 0.792. The molecule has 1 aliphatic rings. The van der Waals surface area contributed by atoms with Gasteiger partial charge in [0.05, 0.1) is 0 Å². The maximum atomic E-state index is 12.4. The van der Waals surface area contributed by atoms with Crippen LogP contribution in [0.25, 0.3) is 0 Å². The highest BCUT2D eigenvalue weighted by Gasteiger charge is 2.38. The maximum Gasteiger partial charge on any atom is 0.226 e. The number of carbonyl (C=O) groups is 1. The fourth-order valence-electron chi connectivity index (χ4n) is 2.21. The smallest absolute Gasteiger partial charge is 0.226 e. The van der Waals surface area contributed by atoms with Crippen LogP contribution in [0.3, 0.4) is 0 Å². The molecule has 3 nitrogen and oxygen atoms in total. The van der Waals surface area contributed by atoms with Crippen molar-refractivity contribution in [3.63, 3.8) is 0 Å². The van der Waals surface area contributed by atoms with Crippen LogP contribution < -0.4 is 10.6 Å². The molecule has 0 spiro atoms. The summed E-state index contributed by atoms with van der Waals surface area (Å²) in [6, 6.07) is 0. The number of piperidine rings is 1. The van der Waals surface area contributed by atoms with Crippen LogP contribution in [0, 0.1) is 11.3 Å². The number of amides is 1. The van der Waals surface area contributed by atoms with Gasteiger partial charge < -0.3 is 10.6 Å². The van der Waals surface area contributed by atoms with E-state index in [0.717, 1.165) is 25.9 Å². The Kier molecular flexibility index (Phi) is 4.59. The van der Waals surface area contributed by atoms with Gasteiger partial charge in [0.25, 0.3) is 0 Å². The van der Waals surface area contributed by atoms with Crippen LogP contribution in [0.4, 0.5) is 0 Å². The fourth-order valence-corrected chi connectivity index (χ4v) is 2.21. The second kappa shape index (κ2) is 5.38. The molecule has 0 radical (unpaired) electrons. The molecule has 1 saturated heterocycles. The lowest BCUT2D eigenvalue weighted by Crippen LogP contribution is -2.53. The van der Waals surface area contributed by atoms with Gasteiger partial charge in [0.15, 0.2) is 0 Å². The van der Waals surface area contributed by atoms with E-state index in [0.29, 0.717) is 5.92 Å². The zero-order valence-electron chi connectivity index (χ0n) is 12.0. The van der Waals surface area contributed by atoms with Crippen LogP contribution in [0.2, 0.25) is 0 Å². The highest BCUT2D eigenvalue weighted by molar-refractivity contribution is 5.82. The van der Waals surface area contributed by atoms with E-state index in [9.17, 15) is 4.79 Å². The van der Waals surface area contributed by atoms with Gasteiger partial charge in [-0.05, 0) is 52.1 Å².